The number of sulfonamides is 1. The Balaban J connectivity index is 1.41. The summed E-state index contributed by atoms with van der Waals surface area (Å²) < 4.78 is 50.4. The zero-order valence-corrected chi connectivity index (χ0v) is 24.9. The van der Waals surface area contributed by atoms with Gasteiger partial charge in [-0.05, 0) is 55.0 Å². The molecule has 226 valence electrons. The molecule has 11 heteroatoms. The van der Waals surface area contributed by atoms with E-state index in [1.54, 1.807) is 17.0 Å². The van der Waals surface area contributed by atoms with Crippen molar-refractivity contribution in [2.24, 2.45) is 11.8 Å². The quantitative estimate of drug-likeness (QED) is 0.356. The third-order valence-electron chi connectivity index (χ3n) is 7.42. The SMILES string of the molecule is COc1ccc(S(=O)(=O)N(CC(C)C)C[C@@H](O)CCN(CCc2ccccc2)C(=O)O[C@H]2COC3OCCC32)cc1. The van der Waals surface area contributed by atoms with E-state index in [9.17, 15) is 18.3 Å². The second-order valence-corrected chi connectivity index (χ2v) is 12.9. The maximum absolute atomic E-state index is 13.5. The maximum Gasteiger partial charge on any atom is 0.410 e. The molecule has 2 heterocycles. The number of hydrogen-bond acceptors (Lipinski definition) is 8. The van der Waals surface area contributed by atoms with Crippen LogP contribution in [0, 0.1) is 11.8 Å². The summed E-state index contributed by atoms with van der Waals surface area (Å²) in [5, 5.41) is 11.0. The van der Waals surface area contributed by atoms with Gasteiger partial charge in [0.25, 0.3) is 0 Å². The van der Waals surface area contributed by atoms with Crippen molar-refractivity contribution >= 4 is 16.1 Å². The lowest BCUT2D eigenvalue weighted by molar-refractivity contribution is -0.0907. The number of methoxy groups -OCH3 is 1. The van der Waals surface area contributed by atoms with Crippen LogP contribution in [0.25, 0.3) is 0 Å². The second kappa shape index (κ2) is 14.5. The van der Waals surface area contributed by atoms with Crippen LogP contribution in [0.2, 0.25) is 0 Å². The smallest absolute Gasteiger partial charge is 0.410 e. The van der Waals surface area contributed by atoms with Gasteiger partial charge in [-0.1, -0.05) is 44.2 Å². The van der Waals surface area contributed by atoms with Crippen LogP contribution in [-0.4, -0.2) is 93.8 Å². The fourth-order valence-electron chi connectivity index (χ4n) is 5.16. The average Bonchev–Trinajstić information content (AvgIpc) is 3.58. The molecule has 0 spiro atoms. The molecule has 0 aliphatic carbocycles. The Kier molecular flexibility index (Phi) is 11.0. The van der Waals surface area contributed by atoms with Crippen molar-refractivity contribution in [1.29, 1.82) is 0 Å². The van der Waals surface area contributed by atoms with Crippen LogP contribution >= 0.6 is 0 Å². The third kappa shape index (κ3) is 8.42. The molecule has 4 rings (SSSR count). The standard InChI is InChI=1S/C30H42N2O8S/c1-22(2)19-32(41(35,36)26-11-9-25(37-3)10-12-26)20-24(33)14-17-31(16-13-23-7-5-4-6-8-23)30(34)40-28-21-39-29-27(28)15-18-38-29/h4-12,22,24,27-29,33H,13-21H2,1-3H3/t24-,27?,28-,29?/m0/s1. The number of aliphatic hydroxyl groups is 1. The molecule has 41 heavy (non-hydrogen) atoms. The predicted molar refractivity (Wildman–Crippen MR) is 153 cm³/mol. The minimum Gasteiger partial charge on any atom is -0.497 e. The van der Waals surface area contributed by atoms with Crippen LogP contribution < -0.4 is 4.74 Å². The van der Waals surface area contributed by atoms with Crippen LogP contribution in [0.4, 0.5) is 4.79 Å². The maximum atomic E-state index is 13.5. The van der Waals surface area contributed by atoms with E-state index >= 15 is 0 Å². The lowest BCUT2D eigenvalue weighted by Crippen LogP contribution is -2.42. The number of rotatable bonds is 14. The monoisotopic (exact) mass is 590 g/mol. The van der Waals surface area contributed by atoms with Crippen molar-refractivity contribution in [3.05, 3.63) is 60.2 Å². The second-order valence-electron chi connectivity index (χ2n) is 11.0. The highest BCUT2D eigenvalue weighted by atomic mass is 32.2. The molecule has 2 aliphatic heterocycles. The molecule has 4 atom stereocenters. The summed E-state index contributed by atoms with van der Waals surface area (Å²) in [6, 6.07) is 16.0. The zero-order valence-electron chi connectivity index (χ0n) is 24.1. The van der Waals surface area contributed by atoms with E-state index in [1.807, 2.05) is 44.2 Å². The minimum absolute atomic E-state index is 0.0215. The number of fused-ring (bicyclic) bond motifs is 1. The number of aliphatic hydroxyl groups excluding tert-OH is 1. The molecule has 0 bridgehead atoms. The van der Waals surface area contributed by atoms with Crippen LogP contribution in [0.1, 0.15) is 32.3 Å². The Hall–Kier alpha value is -2.70. The van der Waals surface area contributed by atoms with Crippen molar-refractivity contribution in [1.82, 2.24) is 9.21 Å². The van der Waals surface area contributed by atoms with Gasteiger partial charge in [0.05, 0.1) is 37.2 Å². The molecular formula is C30H42N2O8S. The highest BCUT2D eigenvalue weighted by Crippen LogP contribution is 2.33. The number of benzene rings is 2. The minimum atomic E-state index is -3.85. The molecule has 0 saturated carbocycles. The van der Waals surface area contributed by atoms with Gasteiger partial charge >= 0.3 is 6.09 Å². The number of amides is 1. The van der Waals surface area contributed by atoms with Crippen LogP contribution in [0.5, 0.6) is 5.75 Å². The van der Waals surface area contributed by atoms with Crippen molar-refractivity contribution < 1.29 is 37.3 Å². The normalized spacial score (nSPS) is 21.2. The first-order valence-corrected chi connectivity index (χ1v) is 15.7. The van der Waals surface area contributed by atoms with Crippen molar-refractivity contribution in [3.8, 4) is 5.75 Å². The molecule has 0 aromatic heterocycles. The lowest BCUT2D eigenvalue weighted by Gasteiger charge is -2.29. The first-order chi connectivity index (χ1) is 19.7. The largest absolute Gasteiger partial charge is 0.497 e. The van der Waals surface area contributed by atoms with E-state index in [0.29, 0.717) is 31.9 Å². The van der Waals surface area contributed by atoms with E-state index in [2.05, 4.69) is 0 Å². The van der Waals surface area contributed by atoms with Crippen LogP contribution in [0.3, 0.4) is 0 Å². The number of nitrogens with zero attached hydrogens (tertiary/aromatic N) is 2. The Morgan fingerprint density at radius 2 is 1.78 bits per heavy atom. The summed E-state index contributed by atoms with van der Waals surface area (Å²) in [4.78, 5) is 15.0. The Labute approximate surface area is 243 Å². The first-order valence-electron chi connectivity index (χ1n) is 14.2. The van der Waals surface area contributed by atoms with Crippen molar-refractivity contribution in [3.63, 3.8) is 0 Å². The van der Waals surface area contributed by atoms with Crippen LogP contribution in [-0.2, 0) is 30.7 Å². The van der Waals surface area contributed by atoms with Gasteiger partial charge in [0.1, 0.15) is 11.9 Å². The highest BCUT2D eigenvalue weighted by Gasteiger charge is 2.44. The molecule has 1 N–H and O–H groups in total. The third-order valence-corrected chi connectivity index (χ3v) is 9.27. The summed E-state index contributed by atoms with van der Waals surface area (Å²) in [5.74, 6) is 0.625. The topological polar surface area (TPSA) is 115 Å². The molecule has 2 saturated heterocycles. The van der Waals surface area contributed by atoms with E-state index in [-0.39, 0.29) is 55.2 Å². The number of carbonyl (C=O) groups is 1. The predicted octanol–water partition coefficient (Wildman–Crippen LogP) is 3.54. The van der Waals surface area contributed by atoms with E-state index < -0.39 is 22.2 Å². The lowest BCUT2D eigenvalue weighted by atomic mass is 10.0. The van der Waals surface area contributed by atoms with Gasteiger partial charge in [-0.25, -0.2) is 13.2 Å². The summed E-state index contributed by atoms with van der Waals surface area (Å²) in [6.07, 6.45) is -0.585. The summed E-state index contributed by atoms with van der Waals surface area (Å²) >= 11 is 0. The zero-order chi connectivity index (χ0) is 29.4. The molecular weight excluding hydrogens is 548 g/mol. The van der Waals surface area contributed by atoms with Gasteiger partial charge in [0.2, 0.25) is 10.0 Å². The Morgan fingerprint density at radius 1 is 1.05 bits per heavy atom. The van der Waals surface area contributed by atoms with Gasteiger partial charge < -0.3 is 29.0 Å². The van der Waals surface area contributed by atoms with Crippen molar-refractivity contribution in [2.75, 3.05) is 46.5 Å². The molecule has 10 nitrogen and oxygen atoms in total. The van der Waals surface area contributed by atoms with E-state index in [1.165, 1.54) is 23.5 Å². The summed E-state index contributed by atoms with van der Waals surface area (Å²) in [7, 11) is -2.34. The Bertz CT molecular complexity index is 1210. The van der Waals surface area contributed by atoms with E-state index in [4.69, 9.17) is 18.9 Å². The molecule has 2 aliphatic rings. The number of ether oxygens (including phenoxy) is 4. The van der Waals surface area contributed by atoms with Crippen molar-refractivity contribution in [2.45, 2.75) is 56.5 Å². The van der Waals surface area contributed by atoms with Gasteiger partial charge in [0, 0.05) is 26.2 Å². The molecule has 1 amide bonds. The fraction of sp³-hybridized carbons (Fsp3) is 0.567. The van der Waals surface area contributed by atoms with E-state index in [0.717, 1.165) is 12.0 Å². The molecule has 2 unspecified atom stereocenters. The van der Waals surface area contributed by atoms with Gasteiger partial charge in [-0.3, -0.25) is 0 Å². The average molecular weight is 591 g/mol. The molecule has 2 fully saturated rings. The summed E-state index contributed by atoms with van der Waals surface area (Å²) in [5.41, 5.74) is 1.08. The van der Waals surface area contributed by atoms with Gasteiger partial charge in [-0.15, -0.1) is 0 Å². The number of hydrogen-bond donors (Lipinski definition) is 1. The first kappa shape index (κ1) is 31.2. The molecule has 2 aromatic rings. The fourth-order valence-corrected chi connectivity index (χ4v) is 6.80. The van der Waals surface area contributed by atoms with Gasteiger partial charge in [0.15, 0.2) is 6.29 Å². The molecule has 0 radical (unpaired) electrons. The van der Waals surface area contributed by atoms with Crippen LogP contribution in [0.15, 0.2) is 59.5 Å². The van der Waals surface area contributed by atoms with Gasteiger partial charge in [-0.2, -0.15) is 4.31 Å². The number of carbonyl (C=O) groups excluding carboxylic acids is 1. The summed E-state index contributed by atoms with van der Waals surface area (Å²) in [6.45, 7) is 5.50. The molecule has 2 aromatic carbocycles. The highest BCUT2D eigenvalue weighted by molar-refractivity contribution is 7.89. The Morgan fingerprint density at radius 3 is 2.46 bits per heavy atom.